The first kappa shape index (κ1) is 13.1. The highest BCUT2D eigenvalue weighted by atomic mass is 32.1. The fraction of sp³-hybridized carbons (Fsp3) is 0.571. The molecule has 1 N–H and O–H groups in total. The number of nitrogens with one attached hydrogen (secondary N) is 1. The average molecular weight is 293 g/mol. The van der Waals surface area contributed by atoms with Crippen LogP contribution in [-0.2, 0) is 0 Å². The molecule has 2 aromatic heterocycles. The number of hydrogen-bond acceptors (Lipinski definition) is 3. The molecule has 0 radical (unpaired) electrons. The van der Waals surface area contributed by atoms with E-state index in [0.717, 1.165) is 16.5 Å². The van der Waals surface area contributed by atoms with Crippen LogP contribution in [0.15, 0.2) is 17.5 Å². The largest absolute Gasteiger partial charge is 0.296 e. The van der Waals surface area contributed by atoms with Gasteiger partial charge in [-0.2, -0.15) is 5.10 Å². The Hall–Kier alpha value is -0.940. The summed E-state index contributed by atoms with van der Waals surface area (Å²) in [6.45, 7) is 2.29. The molecular weight excluding hydrogens is 274 g/mol. The molecule has 2 heterocycles. The lowest BCUT2D eigenvalue weighted by Gasteiger charge is -2.29. The van der Waals surface area contributed by atoms with Gasteiger partial charge in [-0.15, -0.1) is 11.3 Å². The van der Waals surface area contributed by atoms with Gasteiger partial charge < -0.3 is 0 Å². The smallest absolute Gasteiger partial charge is 0.195 e. The highest BCUT2D eigenvalue weighted by Gasteiger charge is 2.25. The lowest BCUT2D eigenvalue weighted by atomic mass is 9.84. The minimum Gasteiger partial charge on any atom is -0.296 e. The summed E-state index contributed by atoms with van der Waals surface area (Å²) in [5, 5.41) is 9.51. The van der Waals surface area contributed by atoms with E-state index in [2.05, 4.69) is 39.2 Å². The second-order valence-electron chi connectivity index (χ2n) is 5.29. The Bertz CT molecular complexity index is 582. The zero-order valence-electron chi connectivity index (χ0n) is 11.1. The van der Waals surface area contributed by atoms with E-state index in [-0.39, 0.29) is 0 Å². The summed E-state index contributed by atoms with van der Waals surface area (Å²) in [4.78, 5) is 1.20. The van der Waals surface area contributed by atoms with Gasteiger partial charge in [0.2, 0.25) is 0 Å². The molecule has 1 aliphatic rings. The summed E-state index contributed by atoms with van der Waals surface area (Å²) >= 11 is 7.18. The maximum atomic E-state index is 5.45. The minimum absolute atomic E-state index is 0.516. The first-order valence-electron chi connectivity index (χ1n) is 7.00. The molecule has 5 heteroatoms. The van der Waals surface area contributed by atoms with Crippen LogP contribution in [0.1, 0.15) is 45.1 Å². The summed E-state index contributed by atoms with van der Waals surface area (Å²) in [7, 11) is 0. The fourth-order valence-electron chi connectivity index (χ4n) is 3.09. The Morgan fingerprint density at radius 1 is 1.53 bits per heavy atom. The van der Waals surface area contributed by atoms with Crippen molar-refractivity contribution in [3.63, 3.8) is 0 Å². The van der Waals surface area contributed by atoms with Gasteiger partial charge >= 0.3 is 0 Å². The van der Waals surface area contributed by atoms with Gasteiger partial charge in [-0.3, -0.25) is 9.67 Å². The van der Waals surface area contributed by atoms with Gasteiger partial charge in [-0.05, 0) is 42.4 Å². The van der Waals surface area contributed by atoms with Crippen molar-refractivity contribution in [3.8, 4) is 10.7 Å². The van der Waals surface area contributed by atoms with Gasteiger partial charge in [0.05, 0.1) is 4.88 Å². The summed E-state index contributed by atoms with van der Waals surface area (Å²) in [6.07, 6.45) is 6.41. The van der Waals surface area contributed by atoms with Crippen LogP contribution in [0.3, 0.4) is 0 Å². The maximum absolute atomic E-state index is 5.45. The van der Waals surface area contributed by atoms with Crippen molar-refractivity contribution in [3.05, 3.63) is 22.3 Å². The van der Waals surface area contributed by atoms with E-state index in [0.29, 0.717) is 6.04 Å². The molecule has 0 aromatic carbocycles. The molecule has 0 saturated heterocycles. The zero-order chi connectivity index (χ0) is 13.2. The van der Waals surface area contributed by atoms with Gasteiger partial charge in [0, 0.05) is 6.04 Å². The normalized spacial score (nSPS) is 23.6. The molecule has 2 unspecified atom stereocenters. The fourth-order valence-corrected chi connectivity index (χ4v) is 4.08. The molecule has 0 aliphatic heterocycles. The second-order valence-corrected chi connectivity index (χ2v) is 6.63. The number of rotatable bonds is 3. The van der Waals surface area contributed by atoms with Crippen LogP contribution in [0.25, 0.3) is 10.7 Å². The third-order valence-corrected chi connectivity index (χ3v) is 5.30. The zero-order valence-corrected chi connectivity index (χ0v) is 12.8. The van der Waals surface area contributed by atoms with E-state index >= 15 is 0 Å². The predicted octanol–water partition coefficient (Wildman–Crippen LogP) is 4.81. The molecule has 3 rings (SSSR count). The lowest BCUT2D eigenvalue weighted by molar-refractivity contribution is 0.261. The number of aromatic nitrogens is 3. The molecule has 1 saturated carbocycles. The van der Waals surface area contributed by atoms with Gasteiger partial charge in [0.25, 0.3) is 0 Å². The summed E-state index contributed by atoms with van der Waals surface area (Å²) in [6, 6.07) is 4.70. The highest BCUT2D eigenvalue weighted by Crippen LogP contribution is 2.37. The van der Waals surface area contributed by atoms with E-state index in [1.807, 2.05) is 0 Å². The number of hydrogen-bond donors (Lipinski definition) is 1. The molecule has 0 bridgehead atoms. The van der Waals surface area contributed by atoms with Crippen molar-refractivity contribution in [1.29, 1.82) is 0 Å². The van der Waals surface area contributed by atoms with Gasteiger partial charge in [0.15, 0.2) is 10.6 Å². The van der Waals surface area contributed by atoms with Crippen LogP contribution in [0.2, 0.25) is 0 Å². The molecular formula is C14H19N3S2. The Kier molecular flexibility index (Phi) is 3.84. The molecule has 102 valence electrons. The Labute approximate surface area is 122 Å². The van der Waals surface area contributed by atoms with Crippen molar-refractivity contribution >= 4 is 23.6 Å². The molecule has 1 fully saturated rings. The second kappa shape index (κ2) is 5.59. The van der Waals surface area contributed by atoms with Crippen LogP contribution < -0.4 is 0 Å². The number of H-pyrrole nitrogens is 1. The summed E-state index contributed by atoms with van der Waals surface area (Å²) < 4.78 is 3.02. The number of aromatic amines is 1. The van der Waals surface area contributed by atoms with E-state index in [4.69, 9.17) is 12.2 Å². The van der Waals surface area contributed by atoms with E-state index in [1.165, 1.54) is 37.0 Å². The summed E-state index contributed by atoms with van der Waals surface area (Å²) in [5.41, 5.74) is 0. The Morgan fingerprint density at radius 3 is 3.16 bits per heavy atom. The topological polar surface area (TPSA) is 33.6 Å². The predicted molar refractivity (Wildman–Crippen MR) is 82.0 cm³/mol. The summed E-state index contributed by atoms with van der Waals surface area (Å²) in [5.74, 6) is 1.86. The average Bonchev–Trinajstić information content (AvgIpc) is 3.07. The number of thiophene rings is 1. The molecule has 1 aliphatic carbocycles. The molecule has 19 heavy (non-hydrogen) atoms. The van der Waals surface area contributed by atoms with Crippen LogP contribution >= 0.6 is 23.6 Å². The van der Waals surface area contributed by atoms with Crippen LogP contribution in [0.4, 0.5) is 0 Å². The van der Waals surface area contributed by atoms with Gasteiger partial charge in [-0.25, -0.2) is 0 Å². The third-order valence-electron chi connectivity index (χ3n) is 4.14. The minimum atomic E-state index is 0.516. The van der Waals surface area contributed by atoms with E-state index in [9.17, 15) is 0 Å². The molecule has 2 atom stereocenters. The lowest BCUT2D eigenvalue weighted by Crippen LogP contribution is -2.19. The van der Waals surface area contributed by atoms with Crippen LogP contribution in [0.5, 0.6) is 0 Å². The third kappa shape index (κ3) is 2.54. The molecule has 3 nitrogen and oxygen atoms in total. The van der Waals surface area contributed by atoms with Crippen molar-refractivity contribution in [2.24, 2.45) is 5.92 Å². The van der Waals surface area contributed by atoms with Crippen LogP contribution in [-0.4, -0.2) is 14.8 Å². The SMILES string of the molecule is CCC1CCCC(n2c(-c3cccs3)n[nH]c2=S)C1. The molecule has 0 amide bonds. The van der Waals surface area contributed by atoms with E-state index in [1.54, 1.807) is 11.3 Å². The Morgan fingerprint density at radius 2 is 2.42 bits per heavy atom. The molecule has 0 spiro atoms. The van der Waals surface area contributed by atoms with Gasteiger partial charge in [-0.1, -0.05) is 32.3 Å². The van der Waals surface area contributed by atoms with Crippen molar-refractivity contribution in [1.82, 2.24) is 14.8 Å². The Balaban J connectivity index is 1.96. The van der Waals surface area contributed by atoms with E-state index < -0.39 is 0 Å². The van der Waals surface area contributed by atoms with Crippen molar-refractivity contribution in [2.75, 3.05) is 0 Å². The molecule has 2 aromatic rings. The van der Waals surface area contributed by atoms with Gasteiger partial charge in [0.1, 0.15) is 0 Å². The van der Waals surface area contributed by atoms with Crippen molar-refractivity contribution < 1.29 is 0 Å². The standard InChI is InChI=1S/C14H19N3S2/c1-2-10-5-3-6-11(9-10)17-13(15-16-14(17)18)12-7-4-8-19-12/h4,7-8,10-11H,2-3,5-6,9H2,1H3,(H,16,18). The first-order chi connectivity index (χ1) is 9.29. The maximum Gasteiger partial charge on any atom is 0.195 e. The van der Waals surface area contributed by atoms with Crippen molar-refractivity contribution in [2.45, 2.75) is 45.1 Å². The quantitative estimate of drug-likeness (QED) is 0.824. The first-order valence-corrected chi connectivity index (χ1v) is 8.29. The number of nitrogens with zero attached hydrogens (tertiary/aromatic N) is 2. The van der Waals surface area contributed by atoms with Crippen LogP contribution in [0, 0.1) is 10.7 Å². The monoisotopic (exact) mass is 293 g/mol. The highest BCUT2D eigenvalue weighted by molar-refractivity contribution is 7.71.